The fourth-order valence-electron chi connectivity index (χ4n) is 4.99. The number of anilines is 1. The number of aliphatic hydroxyl groups is 1. The van der Waals surface area contributed by atoms with E-state index in [4.69, 9.17) is 4.74 Å². The maximum absolute atomic E-state index is 14.0. The third-order valence-corrected chi connectivity index (χ3v) is 6.92. The summed E-state index contributed by atoms with van der Waals surface area (Å²) in [5.41, 5.74) is 2.23. The smallest absolute Gasteiger partial charge is 0.257 e. The van der Waals surface area contributed by atoms with Gasteiger partial charge >= 0.3 is 0 Å². The molecule has 4 aromatic heterocycles. The number of hydrogen-bond acceptors (Lipinski definition) is 7. The maximum Gasteiger partial charge on any atom is 0.257 e. The zero-order valence-electron chi connectivity index (χ0n) is 21.0. The summed E-state index contributed by atoms with van der Waals surface area (Å²) in [6.45, 7) is -0.105. The minimum absolute atomic E-state index is 0.0865. The predicted molar refractivity (Wildman–Crippen MR) is 140 cm³/mol. The number of fused-ring (bicyclic) bond motifs is 3. The highest BCUT2D eigenvalue weighted by Crippen LogP contribution is 2.33. The summed E-state index contributed by atoms with van der Waals surface area (Å²) in [7, 11) is 0. The van der Waals surface area contributed by atoms with Crippen molar-refractivity contribution >= 4 is 28.3 Å². The second-order valence-electron chi connectivity index (χ2n) is 9.44. The van der Waals surface area contributed by atoms with Gasteiger partial charge in [-0.25, -0.2) is 22.7 Å². The Morgan fingerprint density at radius 2 is 2.02 bits per heavy atom. The minimum Gasteiger partial charge on any atom is -0.489 e. The van der Waals surface area contributed by atoms with Crippen LogP contribution in [0, 0.1) is 11.6 Å². The number of nitrogens with one attached hydrogen (secondary N) is 2. The van der Waals surface area contributed by atoms with Crippen LogP contribution in [0.1, 0.15) is 16.8 Å². The fraction of sp³-hybridized carbons (Fsp3) is 0.259. The lowest BCUT2D eigenvalue weighted by molar-refractivity contribution is 0.0790. The molecule has 1 aliphatic heterocycles. The van der Waals surface area contributed by atoms with Crippen molar-refractivity contribution in [3.63, 3.8) is 0 Å². The van der Waals surface area contributed by atoms with Crippen LogP contribution in [-0.2, 0) is 0 Å². The summed E-state index contributed by atoms with van der Waals surface area (Å²) in [5.74, 6) is -1.78. The van der Waals surface area contributed by atoms with Gasteiger partial charge in [0.25, 0.3) is 5.91 Å². The first-order chi connectivity index (χ1) is 19.4. The highest BCUT2D eigenvalue weighted by molar-refractivity contribution is 6.01. The van der Waals surface area contributed by atoms with Crippen LogP contribution in [-0.4, -0.2) is 74.3 Å². The number of β-amino-alcohol motifs (C(OH)–C–C–N with tert-alkyl or cyclic N) is 1. The zero-order valence-corrected chi connectivity index (χ0v) is 21.0. The second-order valence-corrected chi connectivity index (χ2v) is 9.44. The van der Waals surface area contributed by atoms with Crippen molar-refractivity contribution in [2.24, 2.45) is 0 Å². The number of H-pyrrole nitrogens is 1. The third-order valence-electron chi connectivity index (χ3n) is 6.92. The number of piperidine rings is 1. The molecule has 0 radical (unpaired) electrons. The Labute approximate surface area is 225 Å². The van der Waals surface area contributed by atoms with Gasteiger partial charge in [-0.1, -0.05) is 6.07 Å². The number of hydrogen-bond donors (Lipinski definition) is 3. The van der Waals surface area contributed by atoms with Gasteiger partial charge in [0.15, 0.2) is 5.65 Å². The van der Waals surface area contributed by atoms with Gasteiger partial charge in [0.2, 0.25) is 0 Å². The molecule has 13 heteroatoms. The molecule has 40 heavy (non-hydrogen) atoms. The van der Waals surface area contributed by atoms with E-state index in [1.807, 2.05) is 17.0 Å². The van der Waals surface area contributed by atoms with E-state index in [0.717, 1.165) is 34.2 Å². The lowest BCUT2D eigenvalue weighted by atomic mass is 10.0. The van der Waals surface area contributed by atoms with Crippen LogP contribution in [0.25, 0.3) is 27.7 Å². The Kier molecular flexibility index (Phi) is 6.72. The number of carbonyl (C=O) groups excluding carboxylic acids is 1. The first kappa shape index (κ1) is 25.6. The number of ether oxygens (including phenoxy) is 1. The molecule has 0 aliphatic carbocycles. The van der Waals surface area contributed by atoms with Crippen molar-refractivity contribution < 1.29 is 27.8 Å². The van der Waals surface area contributed by atoms with E-state index in [-0.39, 0.29) is 13.2 Å². The first-order valence-corrected chi connectivity index (χ1v) is 12.6. The molecule has 2 atom stereocenters. The number of aromatic nitrogens is 5. The summed E-state index contributed by atoms with van der Waals surface area (Å²) >= 11 is 0. The van der Waals surface area contributed by atoms with E-state index in [0.29, 0.717) is 30.2 Å². The van der Waals surface area contributed by atoms with Gasteiger partial charge in [-0.3, -0.25) is 9.89 Å². The summed E-state index contributed by atoms with van der Waals surface area (Å²) in [5, 5.41) is 25.5. The Balaban J connectivity index is 1.20. The first-order valence-electron chi connectivity index (χ1n) is 12.6. The Bertz CT molecular complexity index is 1670. The predicted octanol–water partition coefficient (Wildman–Crippen LogP) is 3.27. The summed E-state index contributed by atoms with van der Waals surface area (Å²) in [6, 6.07) is 8.00. The van der Waals surface area contributed by atoms with Crippen LogP contribution in [0.5, 0.6) is 5.75 Å². The Morgan fingerprint density at radius 1 is 1.20 bits per heavy atom. The van der Waals surface area contributed by atoms with E-state index in [2.05, 4.69) is 25.6 Å². The lowest BCUT2D eigenvalue weighted by Crippen LogP contribution is -2.54. The van der Waals surface area contributed by atoms with Crippen LogP contribution in [0.2, 0.25) is 0 Å². The molecule has 1 amide bonds. The number of nitrogens with zero attached hydrogens (tertiary/aromatic N) is 5. The van der Waals surface area contributed by atoms with E-state index in [9.17, 15) is 23.1 Å². The van der Waals surface area contributed by atoms with Crippen molar-refractivity contribution in [2.45, 2.75) is 18.6 Å². The minimum atomic E-state index is -0.987. The van der Waals surface area contributed by atoms with Crippen LogP contribution < -0.4 is 15.0 Å². The molecule has 1 fully saturated rings. The number of alkyl halides is 1. The van der Waals surface area contributed by atoms with E-state index < -0.39 is 41.9 Å². The zero-order chi connectivity index (χ0) is 27.8. The molecule has 3 N–H and O–H groups in total. The molecule has 0 unspecified atom stereocenters. The molecule has 0 bridgehead atoms. The summed E-state index contributed by atoms with van der Waals surface area (Å²) in [4.78, 5) is 18.9. The molecule has 1 aromatic carbocycles. The van der Waals surface area contributed by atoms with E-state index >= 15 is 0 Å². The van der Waals surface area contributed by atoms with E-state index in [1.165, 1.54) is 6.07 Å². The average Bonchev–Trinajstić information content (AvgIpc) is 3.54. The number of benzene rings is 1. The molecule has 1 aliphatic rings. The normalized spacial score (nSPS) is 17.4. The lowest BCUT2D eigenvalue weighted by Gasteiger charge is -2.37. The van der Waals surface area contributed by atoms with Gasteiger partial charge in [0.1, 0.15) is 42.0 Å². The summed E-state index contributed by atoms with van der Waals surface area (Å²) < 4.78 is 47.9. The molecule has 5 aromatic rings. The molecule has 6 rings (SSSR count). The number of rotatable bonds is 7. The number of pyridine rings is 2. The van der Waals surface area contributed by atoms with Gasteiger partial charge in [0, 0.05) is 30.4 Å². The molecule has 10 nitrogen and oxygen atoms in total. The quantitative estimate of drug-likeness (QED) is 0.284. The summed E-state index contributed by atoms with van der Waals surface area (Å²) in [6.07, 6.45) is 4.39. The molecular formula is C27H24F3N7O3. The number of aliphatic hydroxyl groups excluding tert-OH is 1. The molecule has 0 spiro atoms. The standard InChI is InChI=1S/C27H24F3N7O3/c28-7-9-40-16-10-17(25-18-12-32-34-26(18)35-37(25)13-16)15-4-5-23(31-11-15)36-8-6-21(22(38)14-36)33-27(39)24-19(29)2-1-3-20(24)30/h1-5,10-13,21-22,38H,6-9,14H2,(H,33,39)(H,34,35)/t21-,22+/m0/s1. The van der Waals surface area contributed by atoms with Crippen LogP contribution in [0.4, 0.5) is 19.0 Å². The number of amides is 1. The van der Waals surface area contributed by atoms with Crippen LogP contribution >= 0.6 is 0 Å². The van der Waals surface area contributed by atoms with Gasteiger partial charge in [-0.2, -0.15) is 5.10 Å². The van der Waals surface area contributed by atoms with Crippen LogP contribution in [0.3, 0.4) is 0 Å². The number of aromatic amines is 1. The van der Waals surface area contributed by atoms with Gasteiger partial charge in [-0.15, -0.1) is 5.10 Å². The molecular weight excluding hydrogens is 527 g/mol. The van der Waals surface area contributed by atoms with Crippen molar-refractivity contribution in [1.29, 1.82) is 0 Å². The van der Waals surface area contributed by atoms with Gasteiger partial charge in [0.05, 0.1) is 35.4 Å². The van der Waals surface area contributed by atoms with Crippen molar-refractivity contribution in [2.75, 3.05) is 31.3 Å². The van der Waals surface area contributed by atoms with Crippen LogP contribution in [0.15, 0.2) is 55.0 Å². The Morgan fingerprint density at radius 3 is 2.75 bits per heavy atom. The SMILES string of the molecule is O=C(N[C@H]1CCN(c2ccc(-c3cc(OCCF)cn4nc5[nH]ncc5c34)cn2)C[C@H]1O)c1c(F)cccc1F. The molecule has 0 saturated carbocycles. The van der Waals surface area contributed by atoms with Crippen molar-refractivity contribution in [1.82, 2.24) is 30.1 Å². The maximum atomic E-state index is 14.0. The third kappa shape index (κ3) is 4.68. The topological polar surface area (TPSA) is 121 Å². The van der Waals surface area contributed by atoms with Gasteiger partial charge < -0.3 is 20.1 Å². The molecule has 5 heterocycles. The molecule has 206 valence electrons. The number of halogens is 3. The monoisotopic (exact) mass is 551 g/mol. The van der Waals surface area contributed by atoms with Crippen molar-refractivity contribution in [3.8, 4) is 16.9 Å². The highest BCUT2D eigenvalue weighted by atomic mass is 19.1. The van der Waals surface area contributed by atoms with Gasteiger partial charge in [-0.05, 0) is 36.8 Å². The number of carbonyl (C=O) groups is 1. The van der Waals surface area contributed by atoms with Crippen molar-refractivity contribution in [3.05, 3.63) is 72.2 Å². The average molecular weight is 552 g/mol. The molecule has 1 saturated heterocycles. The fourth-order valence-corrected chi connectivity index (χ4v) is 4.99. The second kappa shape index (κ2) is 10.5. The van der Waals surface area contributed by atoms with E-state index in [1.54, 1.807) is 29.2 Å². The Hall–Kier alpha value is -4.65. The largest absolute Gasteiger partial charge is 0.489 e. The highest BCUT2D eigenvalue weighted by Gasteiger charge is 2.31.